The van der Waals surface area contributed by atoms with E-state index < -0.39 is 32.7 Å². The third-order valence-corrected chi connectivity index (χ3v) is 4.91. The van der Waals surface area contributed by atoms with E-state index >= 15 is 0 Å². The average molecular weight is 373 g/mol. The Hall–Kier alpha value is -1.91. The molecule has 0 fully saturated rings. The Kier molecular flexibility index (Phi) is 5.16. The molecule has 0 heterocycles. The molecule has 0 aliphatic heterocycles. The van der Waals surface area contributed by atoms with Crippen LogP contribution in [0.1, 0.15) is 5.56 Å². The molecule has 0 unspecified atom stereocenters. The van der Waals surface area contributed by atoms with Gasteiger partial charge in [0.25, 0.3) is 0 Å². The normalized spacial score (nSPS) is 12.3. The van der Waals surface area contributed by atoms with Crippen LogP contribution < -0.4 is 4.46 Å². The average Bonchev–Trinajstić information content (AvgIpc) is 2.47. The van der Waals surface area contributed by atoms with Crippen LogP contribution >= 0.6 is 0 Å². The van der Waals surface area contributed by atoms with Gasteiger partial charge in [-0.3, -0.25) is 0 Å². The van der Waals surface area contributed by atoms with Crippen molar-refractivity contribution in [1.29, 1.82) is 0 Å². The first-order chi connectivity index (χ1) is 10.4. The first kappa shape index (κ1) is 16.5. The zero-order valence-corrected chi connectivity index (χ0v) is 12.8. The monoisotopic (exact) mass is 374 g/mol. The Bertz CT molecular complexity index is 676. The predicted octanol–water partition coefficient (Wildman–Crippen LogP) is 3.33. The molecule has 0 saturated carbocycles. The van der Waals surface area contributed by atoms with Crippen LogP contribution in [0.2, 0.25) is 0 Å². The van der Waals surface area contributed by atoms with Crippen molar-refractivity contribution in [3.05, 3.63) is 72.1 Å². The van der Waals surface area contributed by atoms with E-state index in [1.165, 1.54) is 12.1 Å². The van der Waals surface area contributed by atoms with Gasteiger partial charge in [0.15, 0.2) is 0 Å². The van der Waals surface area contributed by atoms with Crippen molar-refractivity contribution in [1.82, 2.24) is 0 Å². The number of carbonyl (C=O) groups is 1. The number of hydrogen-bond acceptors (Lipinski definition) is 1. The summed E-state index contributed by atoms with van der Waals surface area (Å²) >= 11 is -0.500. The van der Waals surface area contributed by atoms with Crippen molar-refractivity contribution in [3.8, 4) is 0 Å². The van der Waals surface area contributed by atoms with Crippen molar-refractivity contribution in [2.75, 3.05) is 0 Å². The minimum absolute atomic E-state index is 0.251. The molecular weight excluding hydrogens is 363 g/mol. The summed E-state index contributed by atoms with van der Waals surface area (Å²) in [6.07, 6.45) is -4.32. The molecule has 2 rings (SSSR count). The Balaban J connectivity index is 2.38. The van der Waals surface area contributed by atoms with Gasteiger partial charge < -0.3 is 0 Å². The Morgan fingerprint density at radius 1 is 0.955 bits per heavy atom. The van der Waals surface area contributed by atoms with Gasteiger partial charge in [-0.05, 0) is 0 Å². The first-order valence-electron chi connectivity index (χ1n) is 6.18. The van der Waals surface area contributed by atoms with Gasteiger partial charge in [0.1, 0.15) is 0 Å². The molecule has 2 aromatic rings. The molecule has 0 spiro atoms. The standard InChI is InChI=1S/C16H10F4OSe/c17-12-8-6-11(7-9-12)14(10-15(21)16(18,19)20)22-13-4-2-1-3-5-13/h1-10H/b14-10-. The number of alkyl halides is 3. The minimum atomic E-state index is -4.92. The van der Waals surface area contributed by atoms with E-state index in [1.807, 2.05) is 0 Å². The summed E-state index contributed by atoms with van der Waals surface area (Å²) in [5, 5.41) is 0. The van der Waals surface area contributed by atoms with Crippen molar-refractivity contribution in [2.45, 2.75) is 6.18 Å². The molecule has 0 bridgehead atoms. The van der Waals surface area contributed by atoms with E-state index in [0.29, 0.717) is 11.6 Å². The summed E-state index contributed by atoms with van der Waals surface area (Å²) in [6, 6.07) is 13.9. The summed E-state index contributed by atoms with van der Waals surface area (Å²) in [6.45, 7) is 0. The topological polar surface area (TPSA) is 17.1 Å². The maximum absolute atomic E-state index is 13.0. The predicted molar refractivity (Wildman–Crippen MR) is 77.3 cm³/mol. The van der Waals surface area contributed by atoms with Crippen molar-refractivity contribution in [3.63, 3.8) is 0 Å². The SMILES string of the molecule is O=C(/C=C(\[Se]c1ccccc1)c1ccc(F)cc1)C(F)(F)F. The summed E-state index contributed by atoms with van der Waals surface area (Å²) in [5.41, 5.74) is 0.405. The molecule has 0 N–H and O–H groups in total. The van der Waals surface area contributed by atoms with Crippen molar-refractivity contribution < 1.29 is 22.4 Å². The molecule has 22 heavy (non-hydrogen) atoms. The molecule has 0 amide bonds. The molecule has 0 aliphatic rings. The number of halogens is 4. The van der Waals surface area contributed by atoms with E-state index in [1.54, 1.807) is 30.3 Å². The molecule has 0 radical (unpaired) electrons. The van der Waals surface area contributed by atoms with Crippen LogP contribution in [-0.4, -0.2) is 26.9 Å². The number of carbonyl (C=O) groups excluding carboxylic acids is 1. The van der Waals surface area contributed by atoms with Gasteiger partial charge >= 0.3 is 130 Å². The molecule has 0 aromatic heterocycles. The second-order valence-electron chi connectivity index (χ2n) is 4.29. The van der Waals surface area contributed by atoms with Crippen molar-refractivity contribution >= 4 is 29.7 Å². The zero-order valence-electron chi connectivity index (χ0n) is 11.1. The van der Waals surface area contributed by atoms with E-state index in [2.05, 4.69) is 0 Å². The zero-order chi connectivity index (χ0) is 16.2. The number of ketones is 1. The summed E-state index contributed by atoms with van der Waals surface area (Å²) in [5.74, 6) is -2.40. The summed E-state index contributed by atoms with van der Waals surface area (Å²) < 4.78 is 51.5. The van der Waals surface area contributed by atoms with E-state index in [0.717, 1.165) is 16.6 Å². The quantitative estimate of drug-likeness (QED) is 0.457. The fourth-order valence-corrected chi connectivity index (χ4v) is 3.63. The van der Waals surface area contributed by atoms with Crippen molar-refractivity contribution in [2.24, 2.45) is 0 Å². The van der Waals surface area contributed by atoms with Gasteiger partial charge in [-0.1, -0.05) is 0 Å². The van der Waals surface area contributed by atoms with Gasteiger partial charge in [-0.2, -0.15) is 0 Å². The van der Waals surface area contributed by atoms with E-state index in [-0.39, 0.29) is 4.47 Å². The van der Waals surface area contributed by atoms with E-state index in [9.17, 15) is 22.4 Å². The number of allylic oxidation sites excluding steroid dienone is 1. The van der Waals surface area contributed by atoms with Crippen LogP contribution in [0.4, 0.5) is 17.6 Å². The van der Waals surface area contributed by atoms with Crippen LogP contribution in [0, 0.1) is 5.82 Å². The molecule has 0 saturated heterocycles. The molecule has 2 aromatic carbocycles. The second kappa shape index (κ2) is 6.90. The molecule has 114 valence electrons. The number of hydrogen-bond donors (Lipinski definition) is 0. The van der Waals surface area contributed by atoms with E-state index in [4.69, 9.17) is 0 Å². The Labute approximate surface area is 130 Å². The van der Waals surface area contributed by atoms with Gasteiger partial charge in [0.05, 0.1) is 0 Å². The van der Waals surface area contributed by atoms with Gasteiger partial charge in [-0.15, -0.1) is 0 Å². The van der Waals surface area contributed by atoms with Gasteiger partial charge in [0.2, 0.25) is 0 Å². The van der Waals surface area contributed by atoms with Crippen LogP contribution in [0.15, 0.2) is 60.7 Å². The first-order valence-corrected chi connectivity index (χ1v) is 7.89. The fraction of sp³-hybridized carbons (Fsp3) is 0.0625. The van der Waals surface area contributed by atoms with Crippen LogP contribution in [0.3, 0.4) is 0 Å². The molecule has 1 nitrogen and oxygen atoms in total. The maximum atomic E-state index is 13.0. The van der Waals surface area contributed by atoms with Crippen LogP contribution in [0.25, 0.3) is 4.47 Å². The van der Waals surface area contributed by atoms with Crippen LogP contribution in [0.5, 0.6) is 0 Å². The van der Waals surface area contributed by atoms with Gasteiger partial charge in [-0.25, -0.2) is 0 Å². The summed E-state index contributed by atoms with van der Waals surface area (Å²) in [4.78, 5) is 11.2. The summed E-state index contributed by atoms with van der Waals surface area (Å²) in [7, 11) is 0. The fourth-order valence-electron chi connectivity index (χ4n) is 1.60. The van der Waals surface area contributed by atoms with Gasteiger partial charge in [0, 0.05) is 0 Å². The third kappa shape index (κ3) is 4.55. The number of benzene rings is 2. The Morgan fingerprint density at radius 3 is 2.09 bits per heavy atom. The molecular formula is C16H10F4OSe. The molecule has 6 heteroatoms. The molecule has 0 aliphatic carbocycles. The second-order valence-corrected chi connectivity index (χ2v) is 6.63. The number of rotatable bonds is 4. The molecule has 0 atom stereocenters. The Morgan fingerprint density at radius 2 is 1.55 bits per heavy atom. The third-order valence-electron chi connectivity index (χ3n) is 2.64. The van der Waals surface area contributed by atoms with Crippen LogP contribution in [-0.2, 0) is 4.79 Å².